The predicted octanol–water partition coefficient (Wildman–Crippen LogP) is 2.67. The summed E-state index contributed by atoms with van der Waals surface area (Å²) in [5, 5.41) is 3.55. The Bertz CT molecular complexity index is 213. The lowest BCUT2D eigenvalue weighted by atomic mass is 9.84. The summed E-state index contributed by atoms with van der Waals surface area (Å²) in [7, 11) is 0. The fourth-order valence-electron chi connectivity index (χ4n) is 3.09. The van der Waals surface area contributed by atoms with E-state index in [0.29, 0.717) is 11.8 Å². The van der Waals surface area contributed by atoms with Crippen LogP contribution < -0.4 is 5.32 Å². The first-order valence-electron chi connectivity index (χ1n) is 6.60. The number of nitrogens with one attached hydrogen (secondary N) is 1. The fourth-order valence-corrected chi connectivity index (χ4v) is 3.09. The van der Waals surface area contributed by atoms with Crippen molar-refractivity contribution >= 4 is 5.78 Å². The molecule has 1 aliphatic carbocycles. The highest BCUT2D eigenvalue weighted by atomic mass is 16.1. The zero-order chi connectivity index (χ0) is 10.7. The smallest absolute Gasteiger partial charge is 0.149 e. The van der Waals surface area contributed by atoms with Gasteiger partial charge in [-0.2, -0.15) is 0 Å². The van der Waals surface area contributed by atoms with E-state index in [1.807, 2.05) is 0 Å². The SMILES string of the molecule is CCCCC(=O)C1CC2CCCCC2N1. The molecule has 0 radical (unpaired) electrons. The molecular formula is C13H23NO. The first kappa shape index (κ1) is 11.1. The van der Waals surface area contributed by atoms with Gasteiger partial charge in [0.25, 0.3) is 0 Å². The Morgan fingerprint density at radius 3 is 2.87 bits per heavy atom. The molecule has 2 aliphatic rings. The van der Waals surface area contributed by atoms with Crippen molar-refractivity contribution in [2.24, 2.45) is 5.92 Å². The number of carbonyl (C=O) groups is 1. The number of fused-ring (bicyclic) bond motifs is 1. The van der Waals surface area contributed by atoms with E-state index in [1.165, 1.54) is 25.7 Å². The summed E-state index contributed by atoms with van der Waals surface area (Å²) in [5.74, 6) is 1.26. The second-order valence-electron chi connectivity index (χ2n) is 5.18. The minimum absolute atomic E-state index is 0.199. The van der Waals surface area contributed by atoms with Gasteiger partial charge in [0.15, 0.2) is 0 Å². The summed E-state index contributed by atoms with van der Waals surface area (Å²) < 4.78 is 0. The third-order valence-corrected chi connectivity index (χ3v) is 4.03. The Hall–Kier alpha value is -0.370. The lowest BCUT2D eigenvalue weighted by molar-refractivity contribution is -0.120. The molecule has 2 heteroatoms. The molecule has 2 nitrogen and oxygen atoms in total. The van der Waals surface area contributed by atoms with Gasteiger partial charge in [0.05, 0.1) is 6.04 Å². The van der Waals surface area contributed by atoms with Gasteiger partial charge in [0.1, 0.15) is 5.78 Å². The molecule has 0 spiro atoms. The highest BCUT2D eigenvalue weighted by Gasteiger charge is 2.37. The van der Waals surface area contributed by atoms with Crippen LogP contribution >= 0.6 is 0 Å². The molecule has 1 heterocycles. The van der Waals surface area contributed by atoms with Crippen LogP contribution in [0.4, 0.5) is 0 Å². The molecule has 0 bridgehead atoms. The topological polar surface area (TPSA) is 29.1 Å². The number of hydrogen-bond acceptors (Lipinski definition) is 2. The van der Waals surface area contributed by atoms with Crippen molar-refractivity contribution in [2.45, 2.75) is 70.4 Å². The van der Waals surface area contributed by atoms with Crippen molar-refractivity contribution in [3.05, 3.63) is 0 Å². The van der Waals surface area contributed by atoms with Crippen LogP contribution in [-0.2, 0) is 4.79 Å². The van der Waals surface area contributed by atoms with Crippen molar-refractivity contribution in [2.75, 3.05) is 0 Å². The van der Waals surface area contributed by atoms with E-state index in [1.54, 1.807) is 0 Å². The number of ketones is 1. The average molecular weight is 209 g/mol. The minimum atomic E-state index is 0.199. The lowest BCUT2D eigenvalue weighted by Crippen LogP contribution is -2.37. The van der Waals surface area contributed by atoms with E-state index in [0.717, 1.165) is 31.6 Å². The summed E-state index contributed by atoms with van der Waals surface area (Å²) in [5.41, 5.74) is 0. The Morgan fingerprint density at radius 1 is 1.33 bits per heavy atom. The molecule has 0 aromatic carbocycles. The maximum Gasteiger partial charge on any atom is 0.149 e. The van der Waals surface area contributed by atoms with Gasteiger partial charge in [-0.1, -0.05) is 26.2 Å². The molecule has 15 heavy (non-hydrogen) atoms. The van der Waals surface area contributed by atoms with Gasteiger partial charge in [-0.15, -0.1) is 0 Å². The quantitative estimate of drug-likeness (QED) is 0.771. The summed E-state index contributed by atoms with van der Waals surface area (Å²) in [6.07, 6.45) is 9.46. The minimum Gasteiger partial charge on any atom is -0.304 e. The van der Waals surface area contributed by atoms with E-state index < -0.39 is 0 Å². The number of Topliss-reactive ketones (excluding diaryl/α,β-unsaturated/α-hetero) is 1. The van der Waals surface area contributed by atoms with E-state index in [2.05, 4.69) is 12.2 Å². The molecule has 2 rings (SSSR count). The summed E-state index contributed by atoms with van der Waals surface area (Å²) in [4.78, 5) is 11.9. The number of hydrogen-bond donors (Lipinski definition) is 1. The van der Waals surface area contributed by atoms with Crippen molar-refractivity contribution < 1.29 is 4.79 Å². The molecule has 1 aliphatic heterocycles. The normalized spacial score (nSPS) is 35.1. The van der Waals surface area contributed by atoms with Crippen LogP contribution in [0, 0.1) is 5.92 Å². The third-order valence-electron chi connectivity index (χ3n) is 4.03. The molecule has 2 fully saturated rings. The predicted molar refractivity (Wildman–Crippen MR) is 61.8 cm³/mol. The van der Waals surface area contributed by atoms with Gasteiger partial charge in [-0.05, 0) is 31.6 Å². The maximum atomic E-state index is 11.9. The molecule has 3 atom stereocenters. The Labute approximate surface area is 92.8 Å². The van der Waals surface area contributed by atoms with Crippen LogP contribution in [-0.4, -0.2) is 17.9 Å². The second-order valence-corrected chi connectivity index (χ2v) is 5.18. The zero-order valence-corrected chi connectivity index (χ0v) is 9.80. The van der Waals surface area contributed by atoms with E-state index in [-0.39, 0.29) is 6.04 Å². The van der Waals surface area contributed by atoms with Crippen LogP contribution in [0.5, 0.6) is 0 Å². The lowest BCUT2D eigenvalue weighted by Gasteiger charge is -2.24. The highest BCUT2D eigenvalue weighted by molar-refractivity contribution is 5.84. The van der Waals surface area contributed by atoms with Gasteiger partial charge >= 0.3 is 0 Å². The average Bonchev–Trinajstić information content (AvgIpc) is 2.69. The van der Waals surface area contributed by atoms with Gasteiger partial charge in [0.2, 0.25) is 0 Å². The number of unbranched alkanes of at least 4 members (excludes halogenated alkanes) is 1. The van der Waals surface area contributed by atoms with Crippen LogP contribution in [0.2, 0.25) is 0 Å². The molecule has 0 aromatic heterocycles. The monoisotopic (exact) mass is 209 g/mol. The molecule has 86 valence electrons. The Balaban J connectivity index is 1.82. The molecule has 1 saturated carbocycles. The van der Waals surface area contributed by atoms with Crippen LogP contribution in [0.25, 0.3) is 0 Å². The van der Waals surface area contributed by atoms with Gasteiger partial charge in [-0.25, -0.2) is 0 Å². The maximum absolute atomic E-state index is 11.9. The van der Waals surface area contributed by atoms with Gasteiger partial charge in [-0.3, -0.25) is 4.79 Å². The third kappa shape index (κ3) is 2.60. The standard InChI is InChI=1S/C13H23NO/c1-2-3-8-13(15)12-9-10-6-4-5-7-11(10)14-12/h10-12,14H,2-9H2,1H3. The van der Waals surface area contributed by atoms with Crippen LogP contribution in [0.15, 0.2) is 0 Å². The largest absolute Gasteiger partial charge is 0.304 e. The zero-order valence-electron chi connectivity index (χ0n) is 9.80. The summed E-state index contributed by atoms with van der Waals surface area (Å²) in [6.45, 7) is 2.15. The number of rotatable bonds is 4. The van der Waals surface area contributed by atoms with Crippen LogP contribution in [0.3, 0.4) is 0 Å². The molecule has 0 amide bonds. The molecule has 1 saturated heterocycles. The van der Waals surface area contributed by atoms with Crippen molar-refractivity contribution in [1.82, 2.24) is 5.32 Å². The first-order valence-corrected chi connectivity index (χ1v) is 6.60. The molecular weight excluding hydrogens is 186 g/mol. The first-order chi connectivity index (χ1) is 7.31. The molecule has 0 aromatic rings. The Kier molecular flexibility index (Phi) is 3.79. The van der Waals surface area contributed by atoms with E-state index in [4.69, 9.17) is 0 Å². The molecule has 1 N–H and O–H groups in total. The van der Waals surface area contributed by atoms with Gasteiger partial charge in [0, 0.05) is 12.5 Å². The Morgan fingerprint density at radius 2 is 2.13 bits per heavy atom. The van der Waals surface area contributed by atoms with E-state index in [9.17, 15) is 4.79 Å². The van der Waals surface area contributed by atoms with Crippen LogP contribution in [0.1, 0.15) is 58.3 Å². The van der Waals surface area contributed by atoms with Crippen molar-refractivity contribution in [1.29, 1.82) is 0 Å². The summed E-state index contributed by atoms with van der Waals surface area (Å²) in [6, 6.07) is 0.860. The second kappa shape index (κ2) is 5.11. The fraction of sp³-hybridized carbons (Fsp3) is 0.923. The highest BCUT2D eigenvalue weighted by Crippen LogP contribution is 2.33. The van der Waals surface area contributed by atoms with Crippen molar-refractivity contribution in [3.8, 4) is 0 Å². The van der Waals surface area contributed by atoms with E-state index >= 15 is 0 Å². The molecule has 3 unspecified atom stereocenters. The van der Waals surface area contributed by atoms with Crippen molar-refractivity contribution in [3.63, 3.8) is 0 Å². The van der Waals surface area contributed by atoms with Gasteiger partial charge < -0.3 is 5.32 Å². The number of carbonyl (C=O) groups excluding carboxylic acids is 1. The summed E-state index contributed by atoms with van der Waals surface area (Å²) >= 11 is 0.